The lowest BCUT2D eigenvalue weighted by Crippen LogP contribution is -3.10. The number of carboxylic acid groups (broad SMARTS) is 1. The molecule has 18 heavy (non-hydrogen) atoms. The van der Waals surface area contributed by atoms with E-state index in [1.807, 2.05) is 4.90 Å². The van der Waals surface area contributed by atoms with Gasteiger partial charge in [-0.2, -0.15) is 0 Å². The molecule has 1 fully saturated rings. The molecule has 0 spiro atoms. The Labute approximate surface area is 113 Å². The second-order valence-electron chi connectivity index (χ2n) is 5.45. The number of carbonyl (C=O) groups excluding carboxylic acids is 1. The molecule has 0 bridgehead atoms. The molecule has 2 unspecified atom stereocenters. The fraction of sp³-hybridized carbons (Fsp3) is 0.933. The minimum atomic E-state index is -1.08. The Hall–Kier alpha value is -0.570. The summed E-state index contributed by atoms with van der Waals surface area (Å²) in [4.78, 5) is 10.8. The van der Waals surface area contributed by atoms with Crippen LogP contribution in [-0.2, 0) is 4.79 Å². The Morgan fingerprint density at radius 2 is 1.83 bits per heavy atom. The highest BCUT2D eigenvalue weighted by atomic mass is 16.4. The van der Waals surface area contributed by atoms with Gasteiger partial charge in [0.1, 0.15) is 0 Å². The van der Waals surface area contributed by atoms with Gasteiger partial charge in [0.05, 0.1) is 19.6 Å². The molecule has 0 saturated carbocycles. The van der Waals surface area contributed by atoms with Crippen LogP contribution in [0.4, 0.5) is 0 Å². The third-order valence-corrected chi connectivity index (χ3v) is 3.58. The van der Waals surface area contributed by atoms with Crippen LogP contribution < -0.4 is 10.0 Å². The summed E-state index contributed by atoms with van der Waals surface area (Å²) in [6.07, 6.45) is 10.1. The Morgan fingerprint density at radius 1 is 1.22 bits per heavy atom. The number of unbranched alkanes of at least 4 members (excludes halogenated alkanes) is 3. The van der Waals surface area contributed by atoms with Crippen LogP contribution in [0.15, 0.2) is 0 Å². The van der Waals surface area contributed by atoms with Gasteiger partial charge in [0.25, 0.3) is 0 Å². The van der Waals surface area contributed by atoms with Crippen molar-refractivity contribution in [3.05, 3.63) is 0 Å². The van der Waals surface area contributed by atoms with Crippen LogP contribution in [0.25, 0.3) is 0 Å². The predicted molar refractivity (Wildman–Crippen MR) is 73.4 cm³/mol. The smallest absolute Gasteiger partial charge is 0.0801 e. The number of nitrogens with one attached hydrogen (secondary N) is 1. The molecule has 1 rings (SSSR count). The molecule has 0 aromatic rings. The highest BCUT2D eigenvalue weighted by Gasteiger charge is 2.24. The second kappa shape index (κ2) is 11.5. The summed E-state index contributed by atoms with van der Waals surface area (Å²) in [7, 11) is 0. The average molecular weight is 257 g/mol. The minimum Gasteiger partial charge on any atom is -0.550 e. The fourth-order valence-electron chi connectivity index (χ4n) is 2.61. The lowest BCUT2D eigenvalue weighted by molar-refractivity contribution is -0.889. The number of hydrogen-bond acceptors (Lipinski definition) is 2. The minimum absolute atomic E-state index is 0.972. The zero-order chi connectivity index (χ0) is 13.8. The molecule has 0 aromatic carbocycles. The van der Waals surface area contributed by atoms with Gasteiger partial charge in [-0.3, -0.25) is 0 Å². The molecule has 3 nitrogen and oxygen atoms in total. The van der Waals surface area contributed by atoms with E-state index in [2.05, 4.69) is 13.8 Å². The number of hydrogen-bond donors (Lipinski definition) is 1. The molecule has 1 aliphatic heterocycles. The number of likely N-dealkylation sites (tertiary alicyclic amines) is 1. The van der Waals surface area contributed by atoms with Gasteiger partial charge >= 0.3 is 0 Å². The zero-order valence-corrected chi connectivity index (χ0v) is 12.5. The molecule has 0 aromatic heterocycles. The van der Waals surface area contributed by atoms with E-state index in [9.17, 15) is 0 Å². The van der Waals surface area contributed by atoms with Crippen molar-refractivity contribution < 1.29 is 14.8 Å². The van der Waals surface area contributed by atoms with Crippen molar-refractivity contribution in [2.45, 2.75) is 65.7 Å². The average Bonchev–Trinajstić information content (AvgIpc) is 2.74. The third-order valence-electron chi connectivity index (χ3n) is 3.58. The molecular formula is C15H31NO2. The topological polar surface area (TPSA) is 44.6 Å². The van der Waals surface area contributed by atoms with Gasteiger partial charge < -0.3 is 14.8 Å². The molecule has 0 radical (unpaired) electrons. The van der Waals surface area contributed by atoms with E-state index in [1.165, 1.54) is 64.6 Å². The first-order chi connectivity index (χ1) is 8.60. The summed E-state index contributed by atoms with van der Waals surface area (Å²) in [5, 5.41) is 8.89. The van der Waals surface area contributed by atoms with Crippen LogP contribution in [0.3, 0.4) is 0 Å². The van der Waals surface area contributed by atoms with Crippen molar-refractivity contribution in [2.75, 3.05) is 19.6 Å². The summed E-state index contributed by atoms with van der Waals surface area (Å²) in [5.74, 6) is -0.0217. The van der Waals surface area contributed by atoms with Crippen LogP contribution >= 0.6 is 0 Å². The number of quaternary nitrogens is 1. The number of rotatable bonds is 7. The summed E-state index contributed by atoms with van der Waals surface area (Å²) in [5.41, 5.74) is 0. The monoisotopic (exact) mass is 257 g/mol. The van der Waals surface area contributed by atoms with Crippen molar-refractivity contribution in [1.29, 1.82) is 0 Å². The Balaban J connectivity index is 0.000000631. The van der Waals surface area contributed by atoms with Crippen LogP contribution in [0.2, 0.25) is 0 Å². The molecule has 1 N–H and O–H groups in total. The van der Waals surface area contributed by atoms with Crippen molar-refractivity contribution >= 4 is 5.97 Å². The standard InChI is InChI=1S/C13H27N.C2H4O2/c1-3-5-7-10-14-11-9-13(12-14)8-6-4-2;1-2(3)4/h13H,3-12H2,1-2H3;1H3,(H,3,4). The van der Waals surface area contributed by atoms with E-state index < -0.39 is 5.97 Å². The van der Waals surface area contributed by atoms with E-state index in [0.717, 1.165) is 12.8 Å². The number of carboxylic acids is 1. The first-order valence-electron chi connectivity index (χ1n) is 7.61. The first-order valence-corrected chi connectivity index (χ1v) is 7.61. The highest BCUT2D eigenvalue weighted by molar-refractivity contribution is 5.60. The van der Waals surface area contributed by atoms with E-state index in [-0.39, 0.29) is 0 Å². The maximum absolute atomic E-state index is 8.89. The van der Waals surface area contributed by atoms with Crippen molar-refractivity contribution in [3.63, 3.8) is 0 Å². The van der Waals surface area contributed by atoms with Gasteiger partial charge in [-0.25, -0.2) is 0 Å². The number of carbonyl (C=O) groups is 1. The molecule has 1 heterocycles. The molecule has 0 amide bonds. The van der Waals surface area contributed by atoms with Crippen molar-refractivity contribution in [1.82, 2.24) is 0 Å². The number of aliphatic carboxylic acids is 1. The second-order valence-corrected chi connectivity index (χ2v) is 5.45. The molecule has 108 valence electrons. The maximum Gasteiger partial charge on any atom is 0.0801 e. The van der Waals surface area contributed by atoms with Crippen LogP contribution in [0, 0.1) is 5.92 Å². The Bertz CT molecular complexity index is 203. The van der Waals surface area contributed by atoms with Crippen molar-refractivity contribution in [3.8, 4) is 0 Å². The van der Waals surface area contributed by atoms with Gasteiger partial charge in [-0.05, 0) is 26.2 Å². The predicted octanol–water partition coefficient (Wildman–Crippen LogP) is 1.03. The first kappa shape index (κ1) is 17.4. The fourth-order valence-corrected chi connectivity index (χ4v) is 2.61. The molecule has 2 atom stereocenters. The van der Waals surface area contributed by atoms with E-state index >= 15 is 0 Å². The van der Waals surface area contributed by atoms with Gasteiger partial charge in [-0.15, -0.1) is 0 Å². The third kappa shape index (κ3) is 10.6. The van der Waals surface area contributed by atoms with Crippen LogP contribution in [0.1, 0.15) is 65.7 Å². The lowest BCUT2D eigenvalue weighted by Gasteiger charge is -2.12. The largest absolute Gasteiger partial charge is 0.550 e. The van der Waals surface area contributed by atoms with Gasteiger partial charge in [-0.1, -0.05) is 33.1 Å². The summed E-state index contributed by atoms with van der Waals surface area (Å²) < 4.78 is 0. The highest BCUT2D eigenvalue weighted by Crippen LogP contribution is 2.13. The summed E-state index contributed by atoms with van der Waals surface area (Å²) in [6, 6.07) is 0. The van der Waals surface area contributed by atoms with E-state index in [1.54, 1.807) is 0 Å². The molecule has 1 aliphatic rings. The maximum atomic E-state index is 8.89. The van der Waals surface area contributed by atoms with Gasteiger partial charge in [0.15, 0.2) is 0 Å². The van der Waals surface area contributed by atoms with E-state index in [4.69, 9.17) is 9.90 Å². The zero-order valence-electron chi connectivity index (χ0n) is 12.5. The van der Waals surface area contributed by atoms with Crippen LogP contribution in [0.5, 0.6) is 0 Å². The SMILES string of the molecule is CC(=O)[O-].CCCCC[NH+]1CCC(CCCC)C1. The lowest BCUT2D eigenvalue weighted by atomic mass is 10.0. The quantitative estimate of drug-likeness (QED) is 0.692. The normalized spacial score (nSPS) is 22.4. The van der Waals surface area contributed by atoms with Crippen LogP contribution in [-0.4, -0.2) is 25.6 Å². The molecule has 1 saturated heterocycles. The van der Waals surface area contributed by atoms with Gasteiger partial charge in [0, 0.05) is 18.3 Å². The Morgan fingerprint density at radius 3 is 2.39 bits per heavy atom. The van der Waals surface area contributed by atoms with Gasteiger partial charge in [0.2, 0.25) is 0 Å². The van der Waals surface area contributed by atoms with Crippen molar-refractivity contribution in [2.24, 2.45) is 5.92 Å². The summed E-state index contributed by atoms with van der Waals surface area (Å²) in [6.45, 7) is 9.95. The van der Waals surface area contributed by atoms with E-state index in [0.29, 0.717) is 0 Å². The summed E-state index contributed by atoms with van der Waals surface area (Å²) >= 11 is 0. The molecule has 0 aliphatic carbocycles. The molecular weight excluding hydrogens is 226 g/mol. The molecule has 3 heteroatoms. The Kier molecular flexibility index (Phi) is 11.2.